The predicted octanol–water partition coefficient (Wildman–Crippen LogP) is 4.11. The van der Waals surface area contributed by atoms with Crippen molar-refractivity contribution in [3.63, 3.8) is 0 Å². The molecule has 6 heteroatoms. The fraction of sp³-hybridized carbons (Fsp3) is 0.333. The minimum atomic E-state index is -0.434. The van der Waals surface area contributed by atoms with E-state index in [9.17, 15) is 0 Å². The summed E-state index contributed by atoms with van der Waals surface area (Å²) >= 11 is 8.18. The van der Waals surface area contributed by atoms with Gasteiger partial charge in [-0.3, -0.25) is 0 Å². The van der Waals surface area contributed by atoms with E-state index in [0.717, 1.165) is 16.2 Å². The summed E-state index contributed by atoms with van der Waals surface area (Å²) in [4.78, 5) is 0.904. The summed E-state index contributed by atoms with van der Waals surface area (Å²) in [6.07, 6.45) is 0. The Morgan fingerprint density at radius 1 is 0.905 bits per heavy atom. The second kappa shape index (κ2) is 6.91. The molecule has 4 nitrogen and oxygen atoms in total. The summed E-state index contributed by atoms with van der Waals surface area (Å²) in [5, 5.41) is 1.50. The molecule has 0 bridgehead atoms. The van der Waals surface area contributed by atoms with Gasteiger partial charge in [0.2, 0.25) is 0 Å². The summed E-state index contributed by atoms with van der Waals surface area (Å²) in [6, 6.07) is 5.46. The Balaban J connectivity index is 2.56. The zero-order valence-electron chi connectivity index (χ0n) is 12.3. The van der Waals surface area contributed by atoms with Crippen molar-refractivity contribution in [3.8, 4) is 23.0 Å². The first-order valence-electron chi connectivity index (χ1n) is 6.21. The van der Waals surface area contributed by atoms with Crippen molar-refractivity contribution in [2.45, 2.75) is 5.38 Å². The van der Waals surface area contributed by atoms with Crippen molar-refractivity contribution in [1.29, 1.82) is 0 Å². The van der Waals surface area contributed by atoms with Crippen LogP contribution in [0.5, 0.6) is 23.0 Å². The number of rotatable bonds is 6. The molecule has 1 aromatic heterocycles. The lowest BCUT2D eigenvalue weighted by Crippen LogP contribution is -2.02. The monoisotopic (exact) mass is 328 g/mol. The third-order valence-electron chi connectivity index (χ3n) is 3.11. The molecule has 1 aromatic carbocycles. The summed E-state index contributed by atoms with van der Waals surface area (Å²) in [7, 11) is 6.39. The molecule has 0 radical (unpaired) electrons. The van der Waals surface area contributed by atoms with E-state index in [0.29, 0.717) is 17.2 Å². The molecule has 2 aromatic rings. The molecule has 0 aliphatic carbocycles. The Kier molecular flexibility index (Phi) is 5.20. The fourth-order valence-corrected chi connectivity index (χ4v) is 3.40. The van der Waals surface area contributed by atoms with E-state index in [1.54, 1.807) is 40.6 Å². The third-order valence-corrected chi connectivity index (χ3v) is 4.64. The SMILES string of the molecule is COc1cc(OC)c(C(Cl)c2sccc2OC)c(OC)c1. The van der Waals surface area contributed by atoms with E-state index < -0.39 is 5.38 Å². The van der Waals surface area contributed by atoms with Gasteiger partial charge >= 0.3 is 0 Å². The number of hydrogen-bond acceptors (Lipinski definition) is 5. The van der Waals surface area contributed by atoms with E-state index in [1.807, 2.05) is 11.4 Å². The molecule has 0 N–H and O–H groups in total. The van der Waals surface area contributed by atoms with Crippen LogP contribution >= 0.6 is 22.9 Å². The van der Waals surface area contributed by atoms with Gasteiger partial charge in [0.1, 0.15) is 28.4 Å². The van der Waals surface area contributed by atoms with Crippen LogP contribution in [0.15, 0.2) is 23.6 Å². The molecule has 114 valence electrons. The van der Waals surface area contributed by atoms with E-state index in [-0.39, 0.29) is 0 Å². The van der Waals surface area contributed by atoms with Crippen molar-refractivity contribution >= 4 is 22.9 Å². The summed E-state index contributed by atoms with van der Waals surface area (Å²) < 4.78 is 21.5. The lowest BCUT2D eigenvalue weighted by atomic mass is 10.1. The van der Waals surface area contributed by atoms with E-state index in [4.69, 9.17) is 30.5 Å². The number of methoxy groups -OCH3 is 4. The van der Waals surface area contributed by atoms with Gasteiger partial charge in [-0.25, -0.2) is 0 Å². The second-order valence-electron chi connectivity index (χ2n) is 4.16. The van der Waals surface area contributed by atoms with Crippen molar-refractivity contribution in [2.24, 2.45) is 0 Å². The second-order valence-corrected chi connectivity index (χ2v) is 5.55. The number of alkyl halides is 1. The molecule has 0 aliphatic heterocycles. The predicted molar refractivity (Wildman–Crippen MR) is 84.7 cm³/mol. The molecule has 0 aliphatic rings. The van der Waals surface area contributed by atoms with Crippen LogP contribution in [0.25, 0.3) is 0 Å². The number of benzene rings is 1. The van der Waals surface area contributed by atoms with Crippen LogP contribution in [-0.4, -0.2) is 28.4 Å². The van der Waals surface area contributed by atoms with Gasteiger partial charge in [0.25, 0.3) is 0 Å². The lowest BCUT2D eigenvalue weighted by molar-refractivity contribution is 0.369. The van der Waals surface area contributed by atoms with Crippen LogP contribution < -0.4 is 18.9 Å². The molecule has 0 spiro atoms. The van der Waals surface area contributed by atoms with E-state index in [2.05, 4.69) is 0 Å². The van der Waals surface area contributed by atoms with Gasteiger partial charge in [0.15, 0.2) is 0 Å². The van der Waals surface area contributed by atoms with Gasteiger partial charge < -0.3 is 18.9 Å². The lowest BCUT2D eigenvalue weighted by Gasteiger charge is -2.18. The molecule has 0 saturated heterocycles. The van der Waals surface area contributed by atoms with Crippen LogP contribution in [0.3, 0.4) is 0 Å². The first-order chi connectivity index (χ1) is 10.2. The summed E-state index contributed by atoms with van der Waals surface area (Å²) in [6.45, 7) is 0. The third kappa shape index (κ3) is 3.04. The summed E-state index contributed by atoms with van der Waals surface area (Å²) in [5.41, 5.74) is 0.753. The zero-order chi connectivity index (χ0) is 15.4. The Hall–Kier alpha value is -1.59. The standard InChI is InChI=1S/C15H17ClO4S/c1-17-9-7-11(19-3)13(12(8-9)20-4)14(16)15-10(18-2)5-6-21-15/h5-8,14H,1-4H3. The van der Waals surface area contributed by atoms with Crippen LogP contribution in [-0.2, 0) is 0 Å². The maximum absolute atomic E-state index is 6.65. The molecule has 2 rings (SSSR count). The zero-order valence-corrected chi connectivity index (χ0v) is 13.9. The minimum Gasteiger partial charge on any atom is -0.496 e. The van der Waals surface area contributed by atoms with Gasteiger partial charge in [-0.2, -0.15) is 0 Å². The maximum atomic E-state index is 6.65. The largest absolute Gasteiger partial charge is 0.496 e. The average molecular weight is 329 g/mol. The van der Waals surface area contributed by atoms with Gasteiger partial charge in [-0.05, 0) is 11.4 Å². The Morgan fingerprint density at radius 3 is 1.95 bits per heavy atom. The van der Waals surface area contributed by atoms with Crippen molar-refractivity contribution in [2.75, 3.05) is 28.4 Å². The molecular weight excluding hydrogens is 312 g/mol. The number of hydrogen-bond donors (Lipinski definition) is 0. The average Bonchev–Trinajstić information content (AvgIpc) is 3.01. The molecule has 21 heavy (non-hydrogen) atoms. The van der Waals surface area contributed by atoms with E-state index >= 15 is 0 Å². The first kappa shape index (κ1) is 15.8. The normalized spacial score (nSPS) is 11.9. The molecule has 0 saturated carbocycles. The molecule has 0 fully saturated rings. The molecular formula is C15H17ClO4S. The fourth-order valence-electron chi connectivity index (χ4n) is 2.08. The van der Waals surface area contributed by atoms with Crippen LogP contribution in [0.2, 0.25) is 0 Å². The Labute approximate surface area is 133 Å². The van der Waals surface area contributed by atoms with Gasteiger partial charge in [-0.15, -0.1) is 22.9 Å². The molecule has 0 amide bonds. The smallest absolute Gasteiger partial charge is 0.134 e. The quantitative estimate of drug-likeness (QED) is 0.748. The molecule has 1 heterocycles. The Bertz CT molecular complexity index is 586. The van der Waals surface area contributed by atoms with Crippen LogP contribution in [0.4, 0.5) is 0 Å². The highest BCUT2D eigenvalue weighted by Crippen LogP contribution is 2.47. The van der Waals surface area contributed by atoms with E-state index in [1.165, 1.54) is 11.3 Å². The van der Waals surface area contributed by atoms with Crippen molar-refractivity contribution < 1.29 is 18.9 Å². The number of thiophene rings is 1. The minimum absolute atomic E-state index is 0.434. The van der Waals surface area contributed by atoms with Crippen molar-refractivity contribution in [1.82, 2.24) is 0 Å². The highest BCUT2D eigenvalue weighted by atomic mass is 35.5. The van der Waals surface area contributed by atoms with Gasteiger partial charge in [0.05, 0.1) is 38.9 Å². The molecule has 1 unspecified atom stereocenters. The molecule has 1 atom stereocenters. The maximum Gasteiger partial charge on any atom is 0.134 e. The topological polar surface area (TPSA) is 36.9 Å². The first-order valence-corrected chi connectivity index (χ1v) is 7.53. The number of ether oxygens (including phenoxy) is 4. The van der Waals surface area contributed by atoms with Crippen LogP contribution in [0.1, 0.15) is 15.8 Å². The van der Waals surface area contributed by atoms with Gasteiger partial charge in [0, 0.05) is 12.1 Å². The highest BCUT2D eigenvalue weighted by molar-refractivity contribution is 7.10. The van der Waals surface area contributed by atoms with Crippen molar-refractivity contribution in [3.05, 3.63) is 34.0 Å². The van der Waals surface area contributed by atoms with Crippen LogP contribution in [0, 0.1) is 0 Å². The number of halogens is 1. The van der Waals surface area contributed by atoms with Gasteiger partial charge in [-0.1, -0.05) is 0 Å². The Morgan fingerprint density at radius 2 is 1.48 bits per heavy atom. The highest BCUT2D eigenvalue weighted by Gasteiger charge is 2.25. The summed E-state index contributed by atoms with van der Waals surface area (Å²) in [5.74, 6) is 2.62.